The Bertz CT molecular complexity index is 1730. The fraction of sp³-hybridized carbons (Fsp3) is 0.429. The number of methoxy groups -OCH3 is 1. The van der Waals surface area contributed by atoms with Gasteiger partial charge in [-0.1, -0.05) is 55.4 Å². The molecule has 0 radical (unpaired) electrons. The predicted molar refractivity (Wildman–Crippen MR) is 184 cm³/mol. The highest BCUT2D eigenvalue weighted by atomic mass is 16.5. The minimum atomic E-state index is -1.01. The minimum absolute atomic E-state index is 0.0659. The second-order valence-electron chi connectivity index (χ2n) is 11.8. The van der Waals surface area contributed by atoms with E-state index in [2.05, 4.69) is 58.5 Å². The molecule has 0 saturated carbocycles. The van der Waals surface area contributed by atoms with Gasteiger partial charge in [0.05, 0.1) is 7.11 Å². The van der Waals surface area contributed by atoms with Gasteiger partial charge in [-0.3, -0.25) is 0 Å². The number of hydrogen-bond acceptors (Lipinski definition) is 14. The molecule has 0 saturated heterocycles. The third-order valence-electron chi connectivity index (χ3n) is 6.15. The van der Waals surface area contributed by atoms with Gasteiger partial charge >= 0.3 is 24.1 Å². The number of carbonyl (C=O) groups is 3. The van der Waals surface area contributed by atoms with Gasteiger partial charge in [-0.2, -0.15) is 9.59 Å². The highest BCUT2D eigenvalue weighted by Crippen LogP contribution is 2.16. The average Bonchev–Trinajstić information content (AvgIpc) is 3.08. The molecule has 16 nitrogen and oxygen atoms in total. The lowest BCUT2D eigenvalue weighted by atomic mass is 10.0. The average molecular weight is 707 g/mol. The monoisotopic (exact) mass is 706 g/mol. The number of rotatable bonds is 7. The molecular formula is C35H46N8O8. The van der Waals surface area contributed by atoms with E-state index >= 15 is 0 Å². The Hall–Kier alpha value is -5.89. The van der Waals surface area contributed by atoms with Crippen molar-refractivity contribution >= 4 is 24.1 Å². The van der Waals surface area contributed by atoms with Crippen LogP contribution < -0.4 is 0 Å². The van der Waals surface area contributed by atoms with E-state index in [9.17, 15) is 14.4 Å². The number of aryl methyl sites for hydroxylation is 2. The summed E-state index contributed by atoms with van der Waals surface area (Å²) in [6, 6.07) is 5.02. The normalized spacial score (nSPS) is 9.86. The summed E-state index contributed by atoms with van der Waals surface area (Å²) in [7, 11) is 1.34. The predicted octanol–water partition coefficient (Wildman–Crippen LogP) is 5.62. The molecule has 4 heterocycles. The summed E-state index contributed by atoms with van der Waals surface area (Å²) in [5.74, 6) is -0.171. The molecule has 0 fully saturated rings. The van der Waals surface area contributed by atoms with Gasteiger partial charge in [0.25, 0.3) is 0 Å². The van der Waals surface area contributed by atoms with Crippen molar-refractivity contribution in [2.75, 3.05) is 7.11 Å². The van der Waals surface area contributed by atoms with E-state index in [0.717, 1.165) is 11.4 Å². The number of nitrogens with zero attached hydrogens (tertiary/aromatic N) is 8. The molecular weight excluding hydrogens is 660 g/mol. The number of hydrogen-bond donors (Lipinski definition) is 2. The van der Waals surface area contributed by atoms with Gasteiger partial charge in [0.2, 0.25) is 0 Å². The van der Waals surface area contributed by atoms with Crippen molar-refractivity contribution in [2.45, 2.75) is 92.9 Å². The maximum Gasteiger partial charge on any atom is 0.373 e. The molecule has 51 heavy (non-hydrogen) atoms. The highest BCUT2D eigenvalue weighted by Gasteiger charge is 2.14. The summed E-state index contributed by atoms with van der Waals surface area (Å²) in [4.78, 5) is 80.5. The van der Waals surface area contributed by atoms with Crippen LogP contribution in [0.3, 0.4) is 0 Å². The Balaban J connectivity index is 0.000000642. The zero-order chi connectivity index (χ0) is 39.3. The van der Waals surface area contributed by atoms with Gasteiger partial charge in [-0.25, -0.2) is 54.3 Å². The third kappa shape index (κ3) is 17.4. The number of aromatic carboxylic acids is 2. The molecule has 274 valence electrons. The molecule has 4 aromatic rings. The first-order valence-electron chi connectivity index (χ1n) is 15.7. The fourth-order valence-electron chi connectivity index (χ4n) is 3.60. The van der Waals surface area contributed by atoms with E-state index < -0.39 is 17.9 Å². The zero-order valence-electron chi connectivity index (χ0n) is 30.8. The summed E-state index contributed by atoms with van der Waals surface area (Å²) in [5.41, 5.74) is 3.73. The molecule has 0 aliphatic carbocycles. The number of esters is 1. The Morgan fingerprint density at radius 1 is 0.686 bits per heavy atom. The molecule has 4 aromatic heterocycles. The lowest BCUT2D eigenvalue weighted by molar-refractivity contribution is -0.191. The first-order valence-corrected chi connectivity index (χ1v) is 15.7. The van der Waals surface area contributed by atoms with Gasteiger partial charge in [-0.05, 0) is 43.9 Å². The van der Waals surface area contributed by atoms with Crippen molar-refractivity contribution in [1.82, 2.24) is 39.9 Å². The third-order valence-corrected chi connectivity index (χ3v) is 6.15. The molecule has 0 aromatic carbocycles. The van der Waals surface area contributed by atoms with Crippen LogP contribution in [0.4, 0.5) is 0 Å². The van der Waals surface area contributed by atoms with Crippen molar-refractivity contribution in [3.8, 4) is 0 Å². The molecule has 2 N–H and O–H groups in total. The molecule has 0 unspecified atom stereocenters. The summed E-state index contributed by atoms with van der Waals surface area (Å²) in [6.07, 6.45) is 6.38. The van der Waals surface area contributed by atoms with E-state index in [4.69, 9.17) is 19.8 Å². The van der Waals surface area contributed by atoms with Crippen LogP contribution in [-0.4, -0.2) is 81.3 Å². The van der Waals surface area contributed by atoms with E-state index in [-0.39, 0.29) is 35.3 Å². The Kier molecular flexibility index (Phi) is 20.8. The van der Waals surface area contributed by atoms with Crippen LogP contribution in [0, 0.1) is 13.8 Å². The van der Waals surface area contributed by atoms with Crippen molar-refractivity contribution in [1.29, 1.82) is 0 Å². The van der Waals surface area contributed by atoms with Crippen molar-refractivity contribution in [2.24, 2.45) is 0 Å². The molecule has 0 spiro atoms. The van der Waals surface area contributed by atoms with Crippen LogP contribution >= 0.6 is 0 Å². The van der Waals surface area contributed by atoms with Crippen LogP contribution in [0.25, 0.3) is 0 Å². The molecule has 4 rings (SSSR count). The first kappa shape index (κ1) is 45.1. The number of carboxylic acids is 2. The lowest BCUT2D eigenvalue weighted by Gasteiger charge is -2.06. The van der Waals surface area contributed by atoms with Crippen molar-refractivity contribution < 1.29 is 38.9 Å². The van der Waals surface area contributed by atoms with Gasteiger partial charge in [-0.15, -0.1) is 0 Å². The zero-order valence-corrected chi connectivity index (χ0v) is 30.8. The van der Waals surface area contributed by atoms with E-state index in [1.165, 1.54) is 19.5 Å². The molecule has 0 atom stereocenters. The van der Waals surface area contributed by atoms with E-state index in [0.29, 0.717) is 34.5 Å². The lowest BCUT2D eigenvalue weighted by Crippen LogP contribution is -2.09. The molecule has 0 aliphatic rings. The number of ether oxygens (including phenoxy) is 1. The Labute approximate surface area is 297 Å². The first-order chi connectivity index (χ1) is 23.9. The summed E-state index contributed by atoms with van der Waals surface area (Å²) >= 11 is 0. The second kappa shape index (κ2) is 23.5. The maximum atomic E-state index is 11.2. The van der Waals surface area contributed by atoms with Gasteiger partial charge in [0.15, 0.2) is 17.1 Å². The largest absolute Gasteiger partial charge is 0.477 e. The maximum absolute atomic E-state index is 11.2. The van der Waals surface area contributed by atoms with Crippen molar-refractivity contribution in [3.05, 3.63) is 94.6 Å². The smallest absolute Gasteiger partial charge is 0.373 e. The highest BCUT2D eigenvalue weighted by molar-refractivity contribution is 5.87. The Morgan fingerprint density at radius 3 is 1.53 bits per heavy atom. The molecule has 0 aliphatic heterocycles. The van der Waals surface area contributed by atoms with E-state index in [1.54, 1.807) is 31.7 Å². The van der Waals surface area contributed by atoms with Gasteiger partial charge in [0.1, 0.15) is 24.3 Å². The fourth-order valence-corrected chi connectivity index (χ4v) is 3.60. The summed E-state index contributed by atoms with van der Waals surface area (Å²) in [5, 5.41) is 17.4. The van der Waals surface area contributed by atoms with E-state index in [1.807, 2.05) is 54.5 Å². The van der Waals surface area contributed by atoms with Crippen LogP contribution in [0.15, 0.2) is 43.2 Å². The number of carbonyl (C=O) groups excluding carboxylic acids is 3. The number of carboxylic acid groups (broad SMARTS) is 2. The topological polar surface area (TPSA) is 238 Å². The van der Waals surface area contributed by atoms with Gasteiger partial charge in [0, 0.05) is 46.9 Å². The molecule has 16 heteroatoms. The summed E-state index contributed by atoms with van der Waals surface area (Å²) < 4.78 is 4.60. The molecule has 0 amide bonds. The number of aromatic nitrogens is 8. The van der Waals surface area contributed by atoms with Crippen LogP contribution in [0.5, 0.6) is 0 Å². The SMILES string of the molecule is CC(C)c1ccncn1.CC(C)c1cncnc1C(=O)O.COC(=O)c1cc(C)nc(C(C)C)n1.Cc1cc(C(=O)O)nc(C(C)C)n1.O=C=O. The minimum Gasteiger partial charge on any atom is -0.477 e. The summed E-state index contributed by atoms with van der Waals surface area (Å²) in [6.45, 7) is 19.5. The quantitative estimate of drug-likeness (QED) is 0.222. The van der Waals surface area contributed by atoms with Crippen LogP contribution in [-0.2, 0) is 14.3 Å². The second-order valence-corrected chi connectivity index (χ2v) is 11.8. The van der Waals surface area contributed by atoms with Gasteiger partial charge < -0.3 is 14.9 Å². The van der Waals surface area contributed by atoms with Crippen LogP contribution in [0.2, 0.25) is 0 Å². The van der Waals surface area contributed by atoms with Crippen LogP contribution in [0.1, 0.15) is 145 Å². The van der Waals surface area contributed by atoms with Crippen molar-refractivity contribution in [3.63, 3.8) is 0 Å². The Morgan fingerprint density at radius 2 is 1.18 bits per heavy atom. The standard InChI is InChI=1S/C10H14N2O2.C9H12N2O2.C8H10N2O2.C7H10N2.CO2/c1-6(2)9-11-7(3)5-8(12-9)10(13)14-4;1-5(2)8-10-6(3)4-7(11-8)9(12)13;1-5(2)6-3-9-4-10-7(6)8(11)12;1-6(2)7-3-4-8-5-9-7;2-1-3/h5-6H,1-4H3;4-5H,1-3H3,(H,12,13);3-5H,1-2H3,(H,11,12);3-6H,1-2H3;. The molecule has 0 bridgehead atoms.